The first-order valence-corrected chi connectivity index (χ1v) is 6.14. The van der Waals surface area contributed by atoms with Crippen LogP contribution in [0.3, 0.4) is 0 Å². The second-order valence-corrected chi connectivity index (χ2v) is 4.71. The molecule has 1 saturated heterocycles. The summed E-state index contributed by atoms with van der Waals surface area (Å²) in [4.78, 5) is 11.6. The van der Waals surface area contributed by atoms with E-state index in [-0.39, 0.29) is 17.7 Å². The Balaban J connectivity index is 1.99. The third-order valence-corrected chi connectivity index (χ3v) is 3.45. The van der Waals surface area contributed by atoms with Crippen LogP contribution in [0.15, 0.2) is 9.64 Å². The molecule has 1 unspecified atom stereocenters. The first-order chi connectivity index (χ1) is 7.79. The Morgan fingerprint density at radius 2 is 2.38 bits per heavy atom. The van der Waals surface area contributed by atoms with Crippen molar-refractivity contribution in [3.05, 3.63) is 5.89 Å². The number of thioether (sulfide) groups is 1. The molecule has 0 saturated carbocycles. The second-order valence-electron chi connectivity index (χ2n) is 3.56. The molecule has 1 aliphatic rings. The Morgan fingerprint density at radius 1 is 1.50 bits per heavy atom. The zero-order valence-corrected chi connectivity index (χ0v) is 9.63. The molecule has 1 aromatic heterocycles. The molecule has 2 heterocycles. The standard InChI is InChI=1S/C9H14N4O2S/c10-5-7-12-13-9(15-7)16-6-3-1-2-4-11-8(6)14/h6H,1-5,10H2,(H,11,14). The molecule has 7 heteroatoms. The maximum absolute atomic E-state index is 11.6. The molecule has 0 aromatic carbocycles. The number of carbonyl (C=O) groups is 1. The number of nitrogens with two attached hydrogens (primary N) is 1. The molecule has 2 rings (SSSR count). The molecular weight excluding hydrogens is 228 g/mol. The van der Waals surface area contributed by atoms with E-state index in [0.717, 1.165) is 25.8 Å². The van der Waals surface area contributed by atoms with Crippen LogP contribution in [0.5, 0.6) is 0 Å². The van der Waals surface area contributed by atoms with Crippen molar-refractivity contribution < 1.29 is 9.21 Å². The largest absolute Gasteiger partial charge is 0.415 e. The highest BCUT2D eigenvalue weighted by Crippen LogP contribution is 2.26. The molecule has 1 aromatic rings. The van der Waals surface area contributed by atoms with Crippen LogP contribution < -0.4 is 11.1 Å². The molecule has 1 amide bonds. The maximum atomic E-state index is 11.6. The van der Waals surface area contributed by atoms with Gasteiger partial charge in [-0.3, -0.25) is 4.79 Å². The van der Waals surface area contributed by atoms with Gasteiger partial charge >= 0.3 is 0 Å². The molecule has 0 radical (unpaired) electrons. The smallest absolute Gasteiger partial charge is 0.277 e. The van der Waals surface area contributed by atoms with Crippen molar-refractivity contribution in [1.82, 2.24) is 15.5 Å². The van der Waals surface area contributed by atoms with E-state index in [1.165, 1.54) is 11.8 Å². The van der Waals surface area contributed by atoms with E-state index in [0.29, 0.717) is 11.1 Å². The first kappa shape index (κ1) is 11.4. The average molecular weight is 242 g/mol. The molecule has 1 aliphatic heterocycles. The van der Waals surface area contributed by atoms with Crippen molar-refractivity contribution in [3.63, 3.8) is 0 Å². The van der Waals surface area contributed by atoms with E-state index >= 15 is 0 Å². The van der Waals surface area contributed by atoms with Crippen LogP contribution in [0.4, 0.5) is 0 Å². The maximum Gasteiger partial charge on any atom is 0.277 e. The van der Waals surface area contributed by atoms with Gasteiger partial charge in [-0.25, -0.2) is 0 Å². The minimum atomic E-state index is -0.131. The Kier molecular flexibility index (Phi) is 3.79. The third-order valence-electron chi connectivity index (χ3n) is 2.35. The van der Waals surface area contributed by atoms with Gasteiger partial charge in [0, 0.05) is 6.54 Å². The molecule has 0 aliphatic carbocycles. The van der Waals surface area contributed by atoms with Crippen molar-refractivity contribution in [3.8, 4) is 0 Å². The fourth-order valence-electron chi connectivity index (χ4n) is 1.51. The van der Waals surface area contributed by atoms with Gasteiger partial charge in [0.2, 0.25) is 11.8 Å². The van der Waals surface area contributed by atoms with Crippen molar-refractivity contribution >= 4 is 17.7 Å². The lowest BCUT2D eigenvalue weighted by Crippen LogP contribution is -2.30. The lowest BCUT2D eigenvalue weighted by Gasteiger charge is -2.08. The van der Waals surface area contributed by atoms with Gasteiger partial charge in [0.25, 0.3) is 5.22 Å². The number of aromatic nitrogens is 2. The Labute approximate surface area is 97.4 Å². The van der Waals surface area contributed by atoms with E-state index in [4.69, 9.17) is 10.2 Å². The summed E-state index contributed by atoms with van der Waals surface area (Å²) in [5.74, 6) is 0.450. The molecule has 16 heavy (non-hydrogen) atoms. The van der Waals surface area contributed by atoms with Gasteiger partial charge in [0.05, 0.1) is 11.8 Å². The Hall–Kier alpha value is -1.08. The van der Waals surface area contributed by atoms with E-state index in [2.05, 4.69) is 15.5 Å². The highest BCUT2D eigenvalue weighted by atomic mass is 32.2. The molecule has 88 valence electrons. The van der Waals surface area contributed by atoms with Crippen LogP contribution in [0, 0.1) is 0 Å². The summed E-state index contributed by atoms with van der Waals surface area (Å²) in [5.41, 5.74) is 5.36. The van der Waals surface area contributed by atoms with Crippen molar-refractivity contribution in [2.75, 3.05) is 6.54 Å². The molecule has 1 fully saturated rings. The van der Waals surface area contributed by atoms with Crippen molar-refractivity contribution in [1.29, 1.82) is 0 Å². The van der Waals surface area contributed by atoms with Gasteiger partial charge in [-0.05, 0) is 12.8 Å². The zero-order valence-electron chi connectivity index (χ0n) is 8.81. The van der Waals surface area contributed by atoms with E-state index < -0.39 is 0 Å². The number of amides is 1. The van der Waals surface area contributed by atoms with Crippen LogP contribution >= 0.6 is 11.8 Å². The number of nitrogens with zero attached hydrogens (tertiary/aromatic N) is 2. The summed E-state index contributed by atoms with van der Waals surface area (Å²) in [7, 11) is 0. The number of nitrogens with one attached hydrogen (secondary N) is 1. The number of rotatable bonds is 3. The summed E-state index contributed by atoms with van der Waals surface area (Å²) in [6, 6.07) is 0. The lowest BCUT2D eigenvalue weighted by atomic mass is 10.2. The summed E-state index contributed by atoms with van der Waals surface area (Å²) >= 11 is 1.31. The van der Waals surface area contributed by atoms with E-state index in [1.807, 2.05) is 0 Å². The van der Waals surface area contributed by atoms with Crippen LogP contribution in [0.1, 0.15) is 25.2 Å². The molecule has 0 spiro atoms. The Morgan fingerprint density at radius 3 is 3.12 bits per heavy atom. The third kappa shape index (κ3) is 2.73. The summed E-state index contributed by atoms with van der Waals surface area (Å²) in [6.45, 7) is 0.984. The molecule has 0 bridgehead atoms. The monoisotopic (exact) mass is 242 g/mol. The average Bonchev–Trinajstić information content (AvgIpc) is 2.65. The second kappa shape index (κ2) is 5.31. The van der Waals surface area contributed by atoms with Crippen LogP contribution in [0.25, 0.3) is 0 Å². The van der Waals surface area contributed by atoms with Gasteiger partial charge in [-0.1, -0.05) is 18.2 Å². The topological polar surface area (TPSA) is 94.0 Å². The molecule has 3 N–H and O–H groups in total. The summed E-state index contributed by atoms with van der Waals surface area (Å²) in [5, 5.41) is 10.7. The minimum Gasteiger partial charge on any atom is -0.415 e. The lowest BCUT2D eigenvalue weighted by molar-refractivity contribution is -0.120. The fourth-order valence-corrected chi connectivity index (χ4v) is 2.46. The van der Waals surface area contributed by atoms with Gasteiger partial charge in [0.15, 0.2) is 0 Å². The fraction of sp³-hybridized carbons (Fsp3) is 0.667. The normalized spacial score (nSPS) is 21.6. The predicted molar refractivity (Wildman–Crippen MR) is 58.7 cm³/mol. The van der Waals surface area contributed by atoms with Crippen LogP contribution in [0.2, 0.25) is 0 Å². The van der Waals surface area contributed by atoms with Crippen molar-refractivity contribution in [2.24, 2.45) is 5.73 Å². The highest BCUT2D eigenvalue weighted by molar-refractivity contribution is 8.00. The van der Waals surface area contributed by atoms with Crippen LogP contribution in [-0.2, 0) is 11.3 Å². The summed E-state index contributed by atoms with van der Waals surface area (Å²) in [6.07, 6.45) is 2.91. The quantitative estimate of drug-likeness (QED) is 0.791. The number of hydrogen-bond acceptors (Lipinski definition) is 6. The van der Waals surface area contributed by atoms with E-state index in [1.54, 1.807) is 0 Å². The summed E-state index contributed by atoms with van der Waals surface area (Å²) < 4.78 is 5.26. The molecule has 1 atom stereocenters. The van der Waals surface area contributed by atoms with Gasteiger partial charge in [0.1, 0.15) is 0 Å². The van der Waals surface area contributed by atoms with Gasteiger partial charge in [-0.15, -0.1) is 10.2 Å². The van der Waals surface area contributed by atoms with Gasteiger partial charge in [-0.2, -0.15) is 0 Å². The predicted octanol–water partition coefficient (Wildman–Crippen LogP) is 0.289. The zero-order chi connectivity index (χ0) is 11.4. The highest BCUT2D eigenvalue weighted by Gasteiger charge is 2.24. The van der Waals surface area contributed by atoms with Crippen molar-refractivity contribution in [2.45, 2.75) is 36.3 Å². The number of carbonyl (C=O) groups excluding carboxylic acids is 1. The molecular formula is C9H14N4O2S. The number of hydrogen-bond donors (Lipinski definition) is 2. The minimum absolute atomic E-state index is 0.0509. The Bertz CT molecular complexity index is 368. The first-order valence-electron chi connectivity index (χ1n) is 5.26. The van der Waals surface area contributed by atoms with E-state index in [9.17, 15) is 4.79 Å². The van der Waals surface area contributed by atoms with Gasteiger partial charge < -0.3 is 15.5 Å². The SMILES string of the molecule is NCc1nnc(SC2CCCCNC2=O)o1. The molecule has 6 nitrogen and oxygen atoms in total. The van der Waals surface area contributed by atoms with Crippen LogP contribution in [-0.4, -0.2) is 27.9 Å².